The Balaban J connectivity index is 2.13. The fourth-order valence-electron chi connectivity index (χ4n) is 3.13. The molecule has 0 aliphatic heterocycles. The summed E-state index contributed by atoms with van der Waals surface area (Å²) < 4.78 is 1.05. The molecule has 1 aromatic carbocycles. The maximum atomic E-state index is 2.38. The fraction of sp³-hybridized carbons (Fsp3) is 0.652. The highest BCUT2D eigenvalue weighted by Gasteiger charge is 2.14. The van der Waals surface area contributed by atoms with Gasteiger partial charge < -0.3 is 0 Å². The number of unbranched alkanes of at least 4 members (excludes halogenated alkanes) is 9. The van der Waals surface area contributed by atoms with E-state index in [9.17, 15) is 0 Å². The number of rotatable bonds is 14. The zero-order valence-corrected chi connectivity index (χ0v) is 16.5. The number of nitrogens with zero attached hydrogens (tertiary/aromatic N) is 1. The number of benzene rings is 1. The van der Waals surface area contributed by atoms with E-state index >= 15 is 0 Å². The smallest absolute Gasteiger partial charge is 0.0962 e. The summed E-state index contributed by atoms with van der Waals surface area (Å²) in [7, 11) is 2.35. The average molecular weight is 331 g/mol. The van der Waals surface area contributed by atoms with Crippen molar-refractivity contribution in [2.45, 2.75) is 78.1 Å². The van der Waals surface area contributed by atoms with E-state index in [4.69, 9.17) is 0 Å². The molecule has 0 amide bonds. The van der Waals surface area contributed by atoms with Crippen LogP contribution in [0.15, 0.2) is 36.5 Å². The first-order chi connectivity index (χ1) is 11.7. The second-order valence-corrected chi connectivity index (χ2v) is 7.43. The molecule has 0 fully saturated rings. The van der Waals surface area contributed by atoms with E-state index in [-0.39, 0.29) is 0 Å². The lowest BCUT2D eigenvalue weighted by molar-refractivity contribution is -0.857. The van der Waals surface area contributed by atoms with Gasteiger partial charge in [-0.3, -0.25) is 4.48 Å². The normalized spacial score (nSPS) is 14.1. The predicted octanol–water partition coefficient (Wildman–Crippen LogP) is 7.04. The first kappa shape index (κ1) is 21.0. The molecule has 0 aromatic heterocycles. The maximum absolute atomic E-state index is 2.38. The lowest BCUT2D eigenvalue weighted by Crippen LogP contribution is -2.38. The Bertz CT molecular complexity index is 423. The number of quaternary nitrogens is 1. The first-order valence-corrected chi connectivity index (χ1v) is 10.3. The van der Waals surface area contributed by atoms with Crippen molar-refractivity contribution in [2.24, 2.45) is 0 Å². The topological polar surface area (TPSA) is 0 Å². The van der Waals surface area contributed by atoms with Gasteiger partial charge in [0.25, 0.3) is 0 Å². The van der Waals surface area contributed by atoms with Gasteiger partial charge in [0.15, 0.2) is 0 Å². The van der Waals surface area contributed by atoms with Crippen molar-refractivity contribution < 1.29 is 4.48 Å². The van der Waals surface area contributed by atoms with E-state index in [2.05, 4.69) is 63.5 Å². The van der Waals surface area contributed by atoms with Crippen LogP contribution in [0, 0.1) is 0 Å². The third kappa shape index (κ3) is 9.93. The van der Waals surface area contributed by atoms with Gasteiger partial charge in [-0.05, 0) is 31.4 Å². The van der Waals surface area contributed by atoms with E-state index < -0.39 is 0 Å². The van der Waals surface area contributed by atoms with Crippen LogP contribution in [-0.2, 0) is 0 Å². The Morgan fingerprint density at radius 1 is 0.750 bits per heavy atom. The lowest BCUT2D eigenvalue weighted by Gasteiger charge is -2.29. The molecule has 24 heavy (non-hydrogen) atoms. The molecular formula is C23H40N+. The largest absolute Gasteiger partial charge is 0.300 e. The van der Waals surface area contributed by atoms with Crippen LogP contribution in [0.1, 0.15) is 83.6 Å². The molecule has 1 aromatic rings. The third-order valence-electron chi connectivity index (χ3n) is 5.17. The molecule has 1 unspecified atom stereocenters. The third-order valence-corrected chi connectivity index (χ3v) is 5.17. The Hall–Kier alpha value is -1.08. The molecule has 1 heteroatoms. The van der Waals surface area contributed by atoms with E-state index in [1.54, 1.807) is 0 Å². The van der Waals surface area contributed by atoms with Crippen molar-refractivity contribution in [1.29, 1.82) is 0 Å². The fourth-order valence-corrected chi connectivity index (χ4v) is 3.13. The second kappa shape index (κ2) is 13.2. The highest BCUT2D eigenvalue weighted by molar-refractivity contribution is 5.47. The van der Waals surface area contributed by atoms with E-state index in [1.807, 2.05) is 0 Å². The second-order valence-electron chi connectivity index (χ2n) is 7.43. The molecule has 0 aliphatic carbocycles. The Morgan fingerprint density at radius 2 is 1.29 bits per heavy atom. The van der Waals surface area contributed by atoms with Gasteiger partial charge in [0, 0.05) is 0 Å². The summed E-state index contributed by atoms with van der Waals surface area (Å²) in [4.78, 5) is 0. The average Bonchev–Trinajstić information content (AvgIpc) is 2.62. The van der Waals surface area contributed by atoms with E-state index in [1.165, 1.54) is 82.9 Å². The molecule has 1 nitrogen and oxygen atoms in total. The number of hydrogen-bond donors (Lipinski definition) is 0. The van der Waals surface area contributed by atoms with E-state index in [0.717, 1.165) is 4.48 Å². The Kier molecular flexibility index (Phi) is 11.6. The molecule has 0 heterocycles. The molecule has 0 N–H and O–H groups in total. The summed E-state index contributed by atoms with van der Waals surface area (Å²) in [5.74, 6) is 0. The van der Waals surface area contributed by atoms with Crippen LogP contribution in [0.25, 0.3) is 6.08 Å². The van der Waals surface area contributed by atoms with Gasteiger partial charge in [0.1, 0.15) is 0 Å². The summed E-state index contributed by atoms with van der Waals surface area (Å²) >= 11 is 0. The van der Waals surface area contributed by atoms with Gasteiger partial charge in [-0.2, -0.15) is 0 Å². The van der Waals surface area contributed by atoms with Crippen LogP contribution < -0.4 is 0 Å². The zero-order chi connectivity index (χ0) is 17.5. The van der Waals surface area contributed by atoms with Crippen molar-refractivity contribution in [2.75, 3.05) is 20.1 Å². The molecule has 0 spiro atoms. The Labute approximate surface area is 151 Å². The molecule has 136 valence electrons. The minimum absolute atomic E-state index is 1.05. The monoisotopic (exact) mass is 330 g/mol. The summed E-state index contributed by atoms with van der Waals surface area (Å²) in [5, 5.41) is 0. The SMILES string of the molecule is CCCCCCCCCCCC[N+](C)(C=Cc1ccccc1)CC. The molecule has 0 saturated carbocycles. The lowest BCUT2D eigenvalue weighted by atomic mass is 10.1. The molecule has 0 radical (unpaired) electrons. The van der Waals surface area contributed by atoms with Gasteiger partial charge in [-0.15, -0.1) is 0 Å². The van der Waals surface area contributed by atoms with Crippen LogP contribution >= 0.6 is 0 Å². The van der Waals surface area contributed by atoms with Gasteiger partial charge in [-0.1, -0.05) is 88.6 Å². The highest BCUT2D eigenvalue weighted by Crippen LogP contribution is 2.14. The summed E-state index contributed by atoms with van der Waals surface area (Å²) in [6.07, 6.45) is 18.8. The van der Waals surface area contributed by atoms with Crippen LogP contribution in [0.2, 0.25) is 0 Å². The van der Waals surface area contributed by atoms with Crippen molar-refractivity contribution in [3.63, 3.8) is 0 Å². The summed E-state index contributed by atoms with van der Waals surface area (Å²) in [5.41, 5.74) is 1.30. The summed E-state index contributed by atoms with van der Waals surface area (Å²) in [6, 6.07) is 10.7. The summed E-state index contributed by atoms with van der Waals surface area (Å²) in [6.45, 7) is 7.01. The van der Waals surface area contributed by atoms with Gasteiger partial charge in [0.05, 0.1) is 26.3 Å². The molecule has 0 bridgehead atoms. The zero-order valence-electron chi connectivity index (χ0n) is 16.5. The minimum atomic E-state index is 1.05. The molecular weight excluding hydrogens is 290 g/mol. The highest BCUT2D eigenvalue weighted by atomic mass is 15.3. The molecule has 0 saturated heterocycles. The Morgan fingerprint density at radius 3 is 1.83 bits per heavy atom. The quantitative estimate of drug-likeness (QED) is 0.253. The van der Waals surface area contributed by atoms with E-state index in [0.29, 0.717) is 0 Å². The van der Waals surface area contributed by atoms with Crippen LogP contribution in [-0.4, -0.2) is 24.6 Å². The van der Waals surface area contributed by atoms with Crippen molar-refractivity contribution in [3.8, 4) is 0 Å². The standard InChI is InChI=1S/C23H40N/c1-4-6-7-8-9-10-11-12-13-17-21-24(3,5-2)22-20-23-18-15-14-16-19-23/h14-16,18-20,22H,4-13,17,21H2,1-3H3/q+1. The maximum Gasteiger partial charge on any atom is 0.0962 e. The molecule has 1 rings (SSSR count). The van der Waals surface area contributed by atoms with Crippen molar-refractivity contribution >= 4 is 6.08 Å². The van der Waals surface area contributed by atoms with Crippen LogP contribution in [0.4, 0.5) is 0 Å². The first-order valence-electron chi connectivity index (χ1n) is 10.3. The molecule has 1 atom stereocenters. The van der Waals surface area contributed by atoms with Crippen molar-refractivity contribution in [3.05, 3.63) is 42.1 Å². The minimum Gasteiger partial charge on any atom is -0.300 e. The number of hydrogen-bond acceptors (Lipinski definition) is 0. The van der Waals surface area contributed by atoms with Crippen molar-refractivity contribution in [1.82, 2.24) is 0 Å². The van der Waals surface area contributed by atoms with Crippen LogP contribution in [0.3, 0.4) is 0 Å². The van der Waals surface area contributed by atoms with Gasteiger partial charge in [0.2, 0.25) is 0 Å². The van der Waals surface area contributed by atoms with Gasteiger partial charge >= 0.3 is 0 Å². The van der Waals surface area contributed by atoms with Crippen LogP contribution in [0.5, 0.6) is 0 Å². The molecule has 0 aliphatic rings. The van der Waals surface area contributed by atoms with Gasteiger partial charge in [-0.25, -0.2) is 0 Å². The predicted molar refractivity (Wildman–Crippen MR) is 109 cm³/mol.